The van der Waals surface area contributed by atoms with E-state index >= 15 is 0 Å². The van der Waals surface area contributed by atoms with Gasteiger partial charge in [-0.15, -0.1) is 0 Å². The molecule has 0 aliphatic carbocycles. The average Bonchev–Trinajstić information content (AvgIpc) is 2.81. The summed E-state index contributed by atoms with van der Waals surface area (Å²) in [6.07, 6.45) is 0.496. The minimum absolute atomic E-state index is 0.291. The first-order valence-corrected chi connectivity index (χ1v) is 12.0. The first-order valence-electron chi connectivity index (χ1n) is 12.0. The zero-order valence-corrected chi connectivity index (χ0v) is 19.9. The zero-order chi connectivity index (χ0) is 22.8. The molecule has 2 heterocycles. The molecular weight excluding hydrogens is 408 g/mol. The van der Waals surface area contributed by atoms with Crippen LogP contribution in [0.1, 0.15) is 12.8 Å². The largest absolute Gasteiger partial charge is 0.491 e. The van der Waals surface area contributed by atoms with E-state index in [9.17, 15) is 10.2 Å². The molecule has 2 atom stereocenters. The molecule has 3 rings (SSSR count). The molecule has 182 valence electrons. The SMILES string of the molecule is CN1CCN(CC[C@@H](O)COc2ccc(OC[C@H](O)CCN3CCN(C)CC3)cc2)CC1. The molecule has 0 aromatic heterocycles. The van der Waals surface area contributed by atoms with Crippen molar-refractivity contribution in [3.63, 3.8) is 0 Å². The summed E-state index contributed by atoms with van der Waals surface area (Å²) in [5.41, 5.74) is 0. The molecule has 2 saturated heterocycles. The van der Waals surface area contributed by atoms with Crippen LogP contribution in [-0.2, 0) is 0 Å². The predicted octanol–water partition coefficient (Wildman–Crippen LogP) is 0.441. The van der Waals surface area contributed by atoms with Gasteiger partial charge in [-0.1, -0.05) is 0 Å². The number of rotatable bonds is 12. The van der Waals surface area contributed by atoms with Gasteiger partial charge in [0.2, 0.25) is 0 Å². The van der Waals surface area contributed by atoms with Crippen LogP contribution in [0.15, 0.2) is 24.3 Å². The Balaban J connectivity index is 1.26. The Bertz CT molecular complexity index is 576. The summed E-state index contributed by atoms with van der Waals surface area (Å²) in [4.78, 5) is 9.46. The van der Waals surface area contributed by atoms with E-state index in [4.69, 9.17) is 9.47 Å². The molecule has 2 aliphatic rings. The fraction of sp³-hybridized carbons (Fsp3) is 0.750. The van der Waals surface area contributed by atoms with Crippen LogP contribution in [0.2, 0.25) is 0 Å². The van der Waals surface area contributed by atoms with Crippen molar-refractivity contribution < 1.29 is 19.7 Å². The molecule has 0 amide bonds. The molecule has 8 heteroatoms. The van der Waals surface area contributed by atoms with Crippen LogP contribution < -0.4 is 9.47 Å². The topological polar surface area (TPSA) is 71.9 Å². The number of hydrogen-bond acceptors (Lipinski definition) is 8. The molecule has 2 N–H and O–H groups in total. The third kappa shape index (κ3) is 9.21. The average molecular weight is 451 g/mol. The molecular formula is C24H42N4O4. The number of ether oxygens (including phenoxy) is 2. The van der Waals surface area contributed by atoms with E-state index in [1.54, 1.807) is 0 Å². The van der Waals surface area contributed by atoms with Crippen molar-refractivity contribution in [2.45, 2.75) is 25.0 Å². The van der Waals surface area contributed by atoms with Crippen LogP contribution >= 0.6 is 0 Å². The van der Waals surface area contributed by atoms with E-state index in [1.807, 2.05) is 24.3 Å². The van der Waals surface area contributed by atoms with Crippen LogP contribution in [0.3, 0.4) is 0 Å². The lowest BCUT2D eigenvalue weighted by atomic mass is 10.2. The maximum atomic E-state index is 10.2. The van der Waals surface area contributed by atoms with Gasteiger partial charge in [-0.25, -0.2) is 0 Å². The number of aliphatic hydroxyl groups is 2. The first-order chi connectivity index (χ1) is 15.5. The lowest BCUT2D eigenvalue weighted by Gasteiger charge is -2.32. The van der Waals surface area contributed by atoms with Crippen LogP contribution in [0.25, 0.3) is 0 Å². The standard InChI is InChI=1S/C24H42N4O4/c1-25-11-15-27(16-12-25)9-7-21(29)19-31-23-3-5-24(6-4-23)32-20-22(30)8-10-28-17-13-26(2)14-18-28/h3-6,21-22,29-30H,7-20H2,1-2H3/t21-,22-/m1/s1. The molecule has 0 bridgehead atoms. The summed E-state index contributed by atoms with van der Waals surface area (Å²) in [5.74, 6) is 1.43. The highest BCUT2D eigenvalue weighted by Gasteiger charge is 2.16. The minimum Gasteiger partial charge on any atom is -0.491 e. The van der Waals surface area contributed by atoms with Gasteiger partial charge in [0.1, 0.15) is 24.7 Å². The predicted molar refractivity (Wildman–Crippen MR) is 127 cm³/mol. The highest BCUT2D eigenvalue weighted by Crippen LogP contribution is 2.18. The fourth-order valence-corrected chi connectivity index (χ4v) is 3.99. The third-order valence-electron chi connectivity index (χ3n) is 6.46. The molecule has 2 aliphatic heterocycles. The maximum Gasteiger partial charge on any atom is 0.119 e. The van der Waals surface area contributed by atoms with E-state index < -0.39 is 12.2 Å². The van der Waals surface area contributed by atoms with Gasteiger partial charge >= 0.3 is 0 Å². The Kier molecular flexibility index (Phi) is 10.5. The van der Waals surface area contributed by atoms with Gasteiger partial charge in [-0.2, -0.15) is 0 Å². The normalized spacial score (nSPS) is 21.4. The second kappa shape index (κ2) is 13.3. The minimum atomic E-state index is -0.471. The monoisotopic (exact) mass is 450 g/mol. The molecule has 0 spiro atoms. The van der Waals surface area contributed by atoms with Gasteiger partial charge < -0.3 is 39.3 Å². The molecule has 0 unspecified atom stereocenters. The van der Waals surface area contributed by atoms with Crippen molar-refractivity contribution in [2.75, 3.05) is 92.8 Å². The van der Waals surface area contributed by atoms with Gasteiger partial charge in [0, 0.05) is 65.4 Å². The van der Waals surface area contributed by atoms with Crippen molar-refractivity contribution in [3.05, 3.63) is 24.3 Å². The number of piperazine rings is 2. The van der Waals surface area contributed by atoms with E-state index in [-0.39, 0.29) is 0 Å². The van der Waals surface area contributed by atoms with E-state index in [1.165, 1.54) is 0 Å². The summed E-state index contributed by atoms with van der Waals surface area (Å²) in [6, 6.07) is 7.39. The lowest BCUT2D eigenvalue weighted by Crippen LogP contribution is -2.45. The van der Waals surface area contributed by atoms with Crippen molar-refractivity contribution >= 4 is 0 Å². The first kappa shape index (κ1) is 25.2. The van der Waals surface area contributed by atoms with Crippen molar-refractivity contribution in [1.82, 2.24) is 19.6 Å². The number of likely N-dealkylation sites (N-methyl/N-ethyl adjacent to an activating group) is 2. The Hall–Kier alpha value is -1.42. The summed E-state index contributed by atoms with van der Waals surface area (Å²) < 4.78 is 11.5. The molecule has 0 radical (unpaired) electrons. The Morgan fingerprint density at radius 3 is 1.34 bits per heavy atom. The van der Waals surface area contributed by atoms with Crippen LogP contribution in [-0.4, -0.2) is 135 Å². The van der Waals surface area contributed by atoms with Crippen molar-refractivity contribution in [3.8, 4) is 11.5 Å². The van der Waals surface area contributed by atoms with Gasteiger partial charge in [0.25, 0.3) is 0 Å². The lowest BCUT2D eigenvalue weighted by molar-refractivity contribution is 0.0761. The van der Waals surface area contributed by atoms with Crippen LogP contribution in [0.4, 0.5) is 0 Å². The molecule has 32 heavy (non-hydrogen) atoms. The summed E-state index contributed by atoms with van der Waals surface area (Å²) in [5, 5.41) is 20.5. The molecule has 1 aromatic rings. The quantitative estimate of drug-likeness (QED) is 0.476. The highest BCUT2D eigenvalue weighted by molar-refractivity contribution is 5.31. The number of aliphatic hydroxyl groups excluding tert-OH is 2. The fourth-order valence-electron chi connectivity index (χ4n) is 3.99. The van der Waals surface area contributed by atoms with Gasteiger partial charge in [-0.3, -0.25) is 0 Å². The van der Waals surface area contributed by atoms with Crippen LogP contribution in [0.5, 0.6) is 11.5 Å². The van der Waals surface area contributed by atoms with E-state index in [2.05, 4.69) is 33.7 Å². The maximum absolute atomic E-state index is 10.2. The van der Waals surface area contributed by atoms with E-state index in [0.717, 1.165) is 78.3 Å². The summed E-state index contributed by atoms with van der Waals surface area (Å²) >= 11 is 0. The smallest absolute Gasteiger partial charge is 0.119 e. The molecule has 8 nitrogen and oxygen atoms in total. The van der Waals surface area contributed by atoms with E-state index in [0.29, 0.717) is 24.7 Å². The highest BCUT2D eigenvalue weighted by atomic mass is 16.5. The number of hydrogen-bond donors (Lipinski definition) is 2. The van der Waals surface area contributed by atoms with Gasteiger partial charge in [0.15, 0.2) is 0 Å². The number of benzene rings is 1. The van der Waals surface area contributed by atoms with Crippen LogP contribution in [0, 0.1) is 0 Å². The Morgan fingerprint density at radius 1 is 0.656 bits per heavy atom. The molecule has 0 saturated carbocycles. The second-order valence-electron chi connectivity index (χ2n) is 9.27. The Morgan fingerprint density at radius 2 is 1.00 bits per heavy atom. The van der Waals surface area contributed by atoms with Crippen molar-refractivity contribution in [1.29, 1.82) is 0 Å². The molecule has 2 fully saturated rings. The van der Waals surface area contributed by atoms with Gasteiger partial charge in [0.05, 0.1) is 12.2 Å². The van der Waals surface area contributed by atoms with Gasteiger partial charge in [-0.05, 0) is 51.2 Å². The molecule has 1 aromatic carbocycles. The Labute approximate surface area is 193 Å². The number of nitrogens with zero attached hydrogens (tertiary/aromatic N) is 4. The summed E-state index contributed by atoms with van der Waals surface area (Å²) in [7, 11) is 4.29. The zero-order valence-electron chi connectivity index (χ0n) is 19.9. The second-order valence-corrected chi connectivity index (χ2v) is 9.27. The van der Waals surface area contributed by atoms with Crippen molar-refractivity contribution in [2.24, 2.45) is 0 Å². The third-order valence-corrected chi connectivity index (χ3v) is 6.46. The summed E-state index contributed by atoms with van der Waals surface area (Å²) in [6.45, 7) is 11.0.